The minimum absolute atomic E-state index is 0.0620. The van der Waals surface area contributed by atoms with E-state index in [-0.39, 0.29) is 12.2 Å². The van der Waals surface area contributed by atoms with Crippen LogP contribution < -0.4 is 0 Å². The molecular weight excluding hydrogens is 312 g/mol. The van der Waals surface area contributed by atoms with Gasteiger partial charge in [0.25, 0.3) is 0 Å². The van der Waals surface area contributed by atoms with Gasteiger partial charge in [-0.1, -0.05) is 18.2 Å². The number of halogens is 1. The lowest BCUT2D eigenvalue weighted by Gasteiger charge is -2.32. The molecule has 0 unspecified atom stereocenters. The molecule has 0 aliphatic carbocycles. The van der Waals surface area contributed by atoms with E-state index in [0.29, 0.717) is 16.9 Å². The Kier molecular flexibility index (Phi) is 5.25. The summed E-state index contributed by atoms with van der Waals surface area (Å²) in [5.41, 5.74) is 1.07. The van der Waals surface area contributed by atoms with E-state index in [0.717, 1.165) is 5.47 Å². The Morgan fingerprint density at radius 2 is 1.91 bits per heavy atom. The predicted octanol–water partition coefficient (Wildman–Crippen LogP) is 3.84. The molecule has 0 spiro atoms. The third kappa shape index (κ3) is 3.80. The first-order valence-corrected chi connectivity index (χ1v) is 8.16. The molecule has 0 N–H and O–H groups in total. The monoisotopic (exact) mass is 333 g/mol. The molecule has 0 radical (unpaired) electrons. The highest BCUT2D eigenvalue weighted by Crippen LogP contribution is 2.39. The van der Waals surface area contributed by atoms with E-state index >= 15 is 0 Å². The molecular formula is C17H21BFNO2S. The summed E-state index contributed by atoms with van der Waals surface area (Å²) in [7, 11) is -0.501. The Labute approximate surface area is 143 Å². The highest BCUT2D eigenvalue weighted by Gasteiger charge is 2.52. The lowest BCUT2D eigenvalue weighted by atomic mass is 9.78. The number of benzene rings is 1. The quantitative estimate of drug-likeness (QED) is 0.672. The average Bonchev–Trinajstić information content (AvgIpc) is 2.67. The largest absolute Gasteiger partial charge is 0.491 e. The normalized spacial score (nSPS) is 19.7. The van der Waals surface area contributed by atoms with Gasteiger partial charge in [-0.2, -0.15) is 17.9 Å². The van der Waals surface area contributed by atoms with Crippen LogP contribution in [0.1, 0.15) is 38.8 Å². The molecule has 2 rings (SSSR count). The summed E-state index contributed by atoms with van der Waals surface area (Å²) in [6, 6.07) is 6.78. The Morgan fingerprint density at radius 3 is 2.39 bits per heavy atom. The number of nitriles is 1. The Morgan fingerprint density at radius 1 is 1.30 bits per heavy atom. The fourth-order valence-electron chi connectivity index (χ4n) is 2.28. The lowest BCUT2D eigenvalue weighted by Crippen LogP contribution is -2.41. The van der Waals surface area contributed by atoms with Gasteiger partial charge in [0.2, 0.25) is 0 Å². The second kappa shape index (κ2) is 6.68. The molecule has 23 heavy (non-hydrogen) atoms. The third-order valence-corrected chi connectivity index (χ3v) is 4.80. The predicted molar refractivity (Wildman–Crippen MR) is 93.6 cm³/mol. The van der Waals surface area contributed by atoms with Crippen molar-refractivity contribution >= 4 is 25.8 Å². The van der Waals surface area contributed by atoms with E-state index in [2.05, 4.69) is 12.6 Å². The summed E-state index contributed by atoms with van der Waals surface area (Å²) in [6.45, 7) is 7.94. The maximum Gasteiger partial charge on any atom is 0.491 e. The second-order valence-corrected chi connectivity index (χ2v) is 6.97. The molecule has 0 saturated carbocycles. The van der Waals surface area contributed by atoms with Crippen LogP contribution in [0.5, 0.6) is 0 Å². The zero-order chi connectivity index (χ0) is 17.3. The minimum atomic E-state index is -0.501. The first-order chi connectivity index (χ1) is 10.7. The molecule has 6 heteroatoms. The Bertz CT molecular complexity index is 651. The summed E-state index contributed by atoms with van der Waals surface area (Å²) in [4.78, 5) is 0. The molecule has 1 aliphatic heterocycles. The van der Waals surface area contributed by atoms with Crippen LogP contribution in [0.2, 0.25) is 0 Å². The maximum absolute atomic E-state index is 14.0. The van der Waals surface area contributed by atoms with Crippen molar-refractivity contribution in [1.29, 1.82) is 5.26 Å². The summed E-state index contributed by atoms with van der Waals surface area (Å²) in [5.74, 6) is 0.0611. The van der Waals surface area contributed by atoms with Crippen molar-refractivity contribution in [3.8, 4) is 6.07 Å². The summed E-state index contributed by atoms with van der Waals surface area (Å²) < 4.78 is 26.0. The van der Waals surface area contributed by atoms with Crippen molar-refractivity contribution < 1.29 is 13.7 Å². The fraction of sp³-hybridized carbons (Fsp3) is 0.471. The first kappa shape index (κ1) is 18.1. The minimum Gasteiger partial charge on any atom is -0.400 e. The lowest BCUT2D eigenvalue weighted by molar-refractivity contribution is 0.00578. The number of hydrogen-bond donors (Lipinski definition) is 1. The van der Waals surface area contributed by atoms with Crippen LogP contribution in [-0.4, -0.2) is 24.1 Å². The maximum atomic E-state index is 14.0. The van der Waals surface area contributed by atoms with Gasteiger partial charge in [-0.05, 0) is 44.8 Å². The molecule has 1 fully saturated rings. The van der Waals surface area contributed by atoms with Crippen LogP contribution in [0.4, 0.5) is 4.39 Å². The second-order valence-electron chi connectivity index (χ2n) is 6.65. The highest BCUT2D eigenvalue weighted by molar-refractivity contribution is 7.80. The van der Waals surface area contributed by atoms with E-state index in [9.17, 15) is 4.39 Å². The zero-order valence-corrected chi connectivity index (χ0v) is 14.8. The molecule has 1 aromatic carbocycles. The van der Waals surface area contributed by atoms with Gasteiger partial charge in [-0.3, -0.25) is 0 Å². The van der Waals surface area contributed by atoms with Gasteiger partial charge >= 0.3 is 7.12 Å². The number of rotatable bonds is 4. The average molecular weight is 333 g/mol. The first-order valence-electron chi connectivity index (χ1n) is 7.52. The van der Waals surface area contributed by atoms with Crippen molar-refractivity contribution in [2.75, 3.05) is 5.75 Å². The van der Waals surface area contributed by atoms with Crippen LogP contribution >= 0.6 is 12.6 Å². The van der Waals surface area contributed by atoms with Gasteiger partial charge in [0.05, 0.1) is 23.7 Å². The third-order valence-electron chi connectivity index (χ3n) is 4.44. The van der Waals surface area contributed by atoms with Crippen molar-refractivity contribution in [1.82, 2.24) is 0 Å². The van der Waals surface area contributed by atoms with Gasteiger partial charge < -0.3 is 9.31 Å². The van der Waals surface area contributed by atoms with Crippen molar-refractivity contribution in [3.63, 3.8) is 0 Å². The molecule has 0 bridgehead atoms. The van der Waals surface area contributed by atoms with Gasteiger partial charge in [-0.25, -0.2) is 4.39 Å². The standard InChI is InChI=1S/C17H21BFNO2S/c1-16(2)17(3,4)22-18(21-16)14(11-23)9-12-5-6-13(7-8-20)15(19)10-12/h5-6,9-10,23H,7,11H2,1-4H3. The SMILES string of the molecule is CC1(C)OB(C(=Cc2ccc(CC#N)c(F)c2)CS)OC1(C)C. The fourth-order valence-corrected chi connectivity index (χ4v) is 2.52. The molecule has 122 valence electrons. The smallest absolute Gasteiger partial charge is 0.400 e. The van der Waals surface area contributed by atoms with E-state index in [4.69, 9.17) is 14.6 Å². The highest BCUT2D eigenvalue weighted by atomic mass is 32.1. The van der Waals surface area contributed by atoms with E-state index in [1.165, 1.54) is 6.07 Å². The number of thiol groups is 1. The van der Waals surface area contributed by atoms with E-state index < -0.39 is 18.3 Å². The van der Waals surface area contributed by atoms with Crippen LogP contribution in [0, 0.1) is 17.1 Å². The Balaban J connectivity index is 2.27. The summed E-state index contributed by atoms with van der Waals surface area (Å²) in [5, 5.41) is 8.67. The molecule has 1 heterocycles. The molecule has 0 aromatic heterocycles. The van der Waals surface area contributed by atoms with Crippen LogP contribution in [0.25, 0.3) is 6.08 Å². The van der Waals surface area contributed by atoms with Crippen molar-refractivity contribution in [2.24, 2.45) is 0 Å². The molecule has 1 aromatic rings. The van der Waals surface area contributed by atoms with Gasteiger partial charge in [0.15, 0.2) is 0 Å². The van der Waals surface area contributed by atoms with Crippen molar-refractivity contribution in [2.45, 2.75) is 45.3 Å². The molecule has 1 aliphatic rings. The number of hydrogen-bond acceptors (Lipinski definition) is 4. The van der Waals surface area contributed by atoms with Crippen LogP contribution in [0.3, 0.4) is 0 Å². The van der Waals surface area contributed by atoms with Crippen LogP contribution in [0.15, 0.2) is 23.7 Å². The number of nitrogens with zero attached hydrogens (tertiary/aromatic N) is 1. The van der Waals surface area contributed by atoms with E-state index in [1.54, 1.807) is 12.1 Å². The summed E-state index contributed by atoms with van der Waals surface area (Å²) in [6.07, 6.45) is 1.89. The zero-order valence-electron chi connectivity index (χ0n) is 13.9. The molecule has 0 amide bonds. The van der Waals surface area contributed by atoms with Gasteiger partial charge in [-0.15, -0.1) is 0 Å². The summed E-state index contributed by atoms with van der Waals surface area (Å²) >= 11 is 4.35. The molecule has 0 atom stereocenters. The molecule has 3 nitrogen and oxygen atoms in total. The topological polar surface area (TPSA) is 42.2 Å². The van der Waals surface area contributed by atoms with E-state index in [1.807, 2.05) is 39.8 Å². The van der Waals surface area contributed by atoms with Gasteiger partial charge in [0, 0.05) is 11.3 Å². The van der Waals surface area contributed by atoms with Crippen LogP contribution in [-0.2, 0) is 15.7 Å². The van der Waals surface area contributed by atoms with Gasteiger partial charge in [0.1, 0.15) is 5.82 Å². The molecule has 1 saturated heterocycles. The van der Waals surface area contributed by atoms with Crippen molar-refractivity contribution in [3.05, 3.63) is 40.6 Å². The Hall–Kier alpha value is -1.29.